The molecular formula is C26H29N3O6S. The van der Waals surface area contributed by atoms with E-state index in [1.54, 1.807) is 26.2 Å². The number of benzene rings is 1. The SMILES string of the molecule is CCOC(=O)c1sc2nc(CN(Cc3ccco3)C[C@@H](O)COc3ccccc3C)[nH]c(=O)c2c1C. The zero-order valence-electron chi connectivity index (χ0n) is 20.4. The van der Waals surface area contributed by atoms with Crippen LogP contribution in [-0.4, -0.2) is 51.8 Å². The predicted octanol–water partition coefficient (Wildman–Crippen LogP) is 3.81. The Morgan fingerprint density at radius 3 is 2.75 bits per heavy atom. The average molecular weight is 512 g/mol. The molecule has 3 aromatic heterocycles. The van der Waals surface area contributed by atoms with Crippen LogP contribution >= 0.6 is 11.3 Å². The summed E-state index contributed by atoms with van der Waals surface area (Å²) < 4.78 is 16.4. The number of aromatic amines is 1. The molecule has 0 unspecified atom stereocenters. The number of aryl methyl sites for hydroxylation is 2. The van der Waals surface area contributed by atoms with Crippen molar-refractivity contribution in [3.8, 4) is 5.75 Å². The third-order valence-corrected chi connectivity index (χ3v) is 6.80. The van der Waals surface area contributed by atoms with E-state index in [2.05, 4.69) is 9.97 Å². The Balaban J connectivity index is 1.53. The highest BCUT2D eigenvalue weighted by Gasteiger charge is 2.22. The van der Waals surface area contributed by atoms with E-state index in [4.69, 9.17) is 13.9 Å². The summed E-state index contributed by atoms with van der Waals surface area (Å²) in [5.74, 6) is 1.39. The number of nitrogens with one attached hydrogen (secondary N) is 1. The van der Waals surface area contributed by atoms with Crippen molar-refractivity contribution in [3.05, 3.63) is 80.6 Å². The van der Waals surface area contributed by atoms with Crippen LogP contribution in [0.25, 0.3) is 10.2 Å². The highest BCUT2D eigenvalue weighted by atomic mass is 32.1. The monoisotopic (exact) mass is 511 g/mol. The van der Waals surface area contributed by atoms with Crippen LogP contribution in [0.2, 0.25) is 0 Å². The average Bonchev–Trinajstić information content (AvgIpc) is 3.46. The molecule has 0 aliphatic carbocycles. The Morgan fingerprint density at radius 2 is 2.03 bits per heavy atom. The smallest absolute Gasteiger partial charge is 0.348 e. The van der Waals surface area contributed by atoms with Gasteiger partial charge in [0.1, 0.15) is 39.8 Å². The van der Waals surface area contributed by atoms with E-state index in [9.17, 15) is 14.7 Å². The van der Waals surface area contributed by atoms with Crippen LogP contribution in [0.5, 0.6) is 5.75 Å². The van der Waals surface area contributed by atoms with Gasteiger partial charge in [0.05, 0.1) is 31.3 Å². The molecule has 0 saturated carbocycles. The Bertz CT molecular complexity index is 1380. The summed E-state index contributed by atoms with van der Waals surface area (Å²) in [4.78, 5) is 35.4. The number of nitrogens with zero attached hydrogens (tertiary/aromatic N) is 2. The van der Waals surface area contributed by atoms with Gasteiger partial charge in [-0.1, -0.05) is 18.2 Å². The molecule has 4 aromatic rings. The number of hydrogen-bond acceptors (Lipinski definition) is 9. The van der Waals surface area contributed by atoms with Gasteiger partial charge in [-0.15, -0.1) is 11.3 Å². The Morgan fingerprint density at radius 1 is 1.22 bits per heavy atom. The number of rotatable bonds is 11. The summed E-state index contributed by atoms with van der Waals surface area (Å²) in [5, 5.41) is 11.1. The molecule has 0 aliphatic rings. The summed E-state index contributed by atoms with van der Waals surface area (Å²) in [5.41, 5.74) is 1.23. The number of para-hydroxylation sites is 1. The minimum Gasteiger partial charge on any atom is -0.491 e. The van der Waals surface area contributed by atoms with Crippen molar-refractivity contribution in [2.75, 3.05) is 19.8 Å². The number of H-pyrrole nitrogens is 1. The van der Waals surface area contributed by atoms with E-state index in [1.165, 1.54) is 0 Å². The standard InChI is InChI=1S/C26H29N3O6S/c1-4-33-26(32)23-17(3)22-24(31)27-21(28-25(22)36-23)14-29(13-19-9-7-11-34-19)12-18(30)15-35-20-10-6-5-8-16(20)2/h5-11,18,30H,4,12-15H2,1-3H3,(H,27,28,31)/t18-/m1/s1. The van der Waals surface area contributed by atoms with Crippen molar-refractivity contribution in [1.29, 1.82) is 0 Å². The van der Waals surface area contributed by atoms with Crippen LogP contribution in [0.15, 0.2) is 51.9 Å². The van der Waals surface area contributed by atoms with E-state index in [1.807, 2.05) is 42.2 Å². The molecule has 10 heteroatoms. The number of esters is 1. The Labute approximate surface area is 212 Å². The molecule has 2 N–H and O–H groups in total. The number of carbonyl (C=O) groups is 1. The fourth-order valence-corrected chi connectivity index (χ4v) is 5.02. The van der Waals surface area contributed by atoms with E-state index >= 15 is 0 Å². The van der Waals surface area contributed by atoms with Crippen molar-refractivity contribution in [2.45, 2.75) is 40.0 Å². The molecule has 0 amide bonds. The number of aliphatic hydroxyl groups excluding tert-OH is 1. The van der Waals surface area contributed by atoms with E-state index in [-0.39, 0.29) is 31.9 Å². The van der Waals surface area contributed by atoms with Crippen molar-refractivity contribution >= 4 is 27.5 Å². The largest absolute Gasteiger partial charge is 0.491 e. The quantitative estimate of drug-likeness (QED) is 0.292. The lowest BCUT2D eigenvalue weighted by Crippen LogP contribution is -2.35. The molecule has 9 nitrogen and oxygen atoms in total. The molecule has 0 radical (unpaired) electrons. The van der Waals surface area contributed by atoms with Crippen molar-refractivity contribution in [3.63, 3.8) is 0 Å². The van der Waals surface area contributed by atoms with Gasteiger partial charge in [-0.2, -0.15) is 0 Å². The van der Waals surface area contributed by atoms with Gasteiger partial charge in [-0.05, 0) is 50.1 Å². The molecule has 1 atom stereocenters. The number of ether oxygens (including phenoxy) is 2. The van der Waals surface area contributed by atoms with Crippen LogP contribution in [0, 0.1) is 13.8 Å². The van der Waals surface area contributed by atoms with Gasteiger partial charge in [0.15, 0.2) is 0 Å². The van der Waals surface area contributed by atoms with Gasteiger partial charge in [-0.3, -0.25) is 9.69 Å². The highest BCUT2D eigenvalue weighted by Crippen LogP contribution is 2.28. The second-order valence-corrected chi connectivity index (χ2v) is 9.45. The fourth-order valence-electron chi connectivity index (χ4n) is 3.93. The fraction of sp³-hybridized carbons (Fsp3) is 0.346. The highest BCUT2D eigenvalue weighted by molar-refractivity contribution is 7.20. The van der Waals surface area contributed by atoms with E-state index < -0.39 is 12.1 Å². The lowest BCUT2D eigenvalue weighted by atomic mass is 10.2. The van der Waals surface area contributed by atoms with Crippen LogP contribution in [0.4, 0.5) is 0 Å². The van der Waals surface area contributed by atoms with Crippen molar-refractivity contribution in [1.82, 2.24) is 14.9 Å². The zero-order valence-corrected chi connectivity index (χ0v) is 21.3. The third-order valence-electron chi connectivity index (χ3n) is 5.64. The van der Waals surface area contributed by atoms with Gasteiger partial charge in [0, 0.05) is 6.54 Å². The van der Waals surface area contributed by atoms with E-state index in [0.29, 0.717) is 38.8 Å². The molecule has 36 heavy (non-hydrogen) atoms. The van der Waals surface area contributed by atoms with Crippen LogP contribution in [0.3, 0.4) is 0 Å². The maximum absolute atomic E-state index is 12.9. The van der Waals surface area contributed by atoms with Gasteiger partial charge in [0.25, 0.3) is 5.56 Å². The first-order chi connectivity index (χ1) is 17.4. The molecule has 0 fully saturated rings. The summed E-state index contributed by atoms with van der Waals surface area (Å²) in [6, 6.07) is 11.3. The molecule has 0 saturated heterocycles. The second kappa shape index (κ2) is 11.5. The summed E-state index contributed by atoms with van der Waals surface area (Å²) >= 11 is 1.14. The molecule has 0 spiro atoms. The minimum absolute atomic E-state index is 0.107. The summed E-state index contributed by atoms with van der Waals surface area (Å²) in [7, 11) is 0. The number of carbonyl (C=O) groups excluding carboxylic acids is 1. The first-order valence-corrected chi connectivity index (χ1v) is 12.5. The van der Waals surface area contributed by atoms with Crippen LogP contribution in [-0.2, 0) is 17.8 Å². The second-order valence-electron chi connectivity index (χ2n) is 8.45. The van der Waals surface area contributed by atoms with Gasteiger partial charge in [-0.25, -0.2) is 9.78 Å². The lowest BCUT2D eigenvalue weighted by molar-refractivity contribution is 0.0531. The molecule has 3 heterocycles. The zero-order chi connectivity index (χ0) is 25.7. The van der Waals surface area contributed by atoms with Crippen molar-refractivity contribution in [2.24, 2.45) is 0 Å². The molecule has 0 aliphatic heterocycles. The normalized spacial score (nSPS) is 12.2. The maximum Gasteiger partial charge on any atom is 0.348 e. The molecule has 1 aromatic carbocycles. The number of furan rings is 1. The number of aromatic nitrogens is 2. The summed E-state index contributed by atoms with van der Waals surface area (Å²) in [6.07, 6.45) is 0.789. The van der Waals surface area contributed by atoms with Crippen LogP contribution < -0.4 is 10.3 Å². The Hall–Kier alpha value is -3.47. The minimum atomic E-state index is -0.797. The number of fused-ring (bicyclic) bond motifs is 1. The van der Waals surface area contributed by atoms with Crippen molar-refractivity contribution < 1.29 is 23.8 Å². The molecule has 0 bridgehead atoms. The molecular weight excluding hydrogens is 482 g/mol. The van der Waals surface area contributed by atoms with E-state index in [0.717, 1.165) is 22.6 Å². The number of hydrogen-bond donors (Lipinski definition) is 2. The number of thiophene rings is 1. The third kappa shape index (κ3) is 6.01. The lowest BCUT2D eigenvalue weighted by Gasteiger charge is -2.24. The first kappa shape index (κ1) is 25.6. The number of aliphatic hydroxyl groups is 1. The topological polar surface area (TPSA) is 118 Å². The predicted molar refractivity (Wildman–Crippen MR) is 136 cm³/mol. The summed E-state index contributed by atoms with van der Waals surface area (Å²) in [6.45, 7) is 6.66. The molecule has 190 valence electrons. The van der Waals surface area contributed by atoms with Gasteiger partial charge in [0.2, 0.25) is 0 Å². The van der Waals surface area contributed by atoms with Gasteiger partial charge < -0.3 is 24.0 Å². The van der Waals surface area contributed by atoms with Gasteiger partial charge >= 0.3 is 5.97 Å². The molecule has 4 rings (SSSR count). The van der Waals surface area contributed by atoms with Crippen LogP contribution in [0.1, 0.15) is 39.3 Å². The maximum atomic E-state index is 12.9. The Kier molecular flexibility index (Phi) is 8.19. The first-order valence-electron chi connectivity index (χ1n) is 11.7.